The molecule has 7 nitrogen and oxygen atoms in total. The van der Waals surface area contributed by atoms with E-state index >= 15 is 0 Å². The Balaban J connectivity index is 1.26. The highest BCUT2D eigenvalue weighted by atomic mass is 19.4. The molecule has 5 rings (SSSR count). The highest BCUT2D eigenvalue weighted by molar-refractivity contribution is 5.66. The third kappa shape index (κ3) is 4.89. The van der Waals surface area contributed by atoms with Crippen LogP contribution in [0.15, 0.2) is 65.1 Å². The molecule has 10 heteroatoms. The summed E-state index contributed by atoms with van der Waals surface area (Å²) in [7, 11) is 0. The number of benzene rings is 1. The minimum absolute atomic E-state index is 0.205. The fourth-order valence-electron chi connectivity index (χ4n) is 4.57. The third-order valence-electron chi connectivity index (χ3n) is 6.43. The summed E-state index contributed by atoms with van der Waals surface area (Å²) in [4.78, 5) is 20.1. The van der Waals surface area contributed by atoms with Crippen LogP contribution < -0.4 is 15.2 Å². The van der Waals surface area contributed by atoms with Gasteiger partial charge in [0.1, 0.15) is 24.2 Å². The predicted octanol–water partition coefficient (Wildman–Crippen LogP) is 4.69. The van der Waals surface area contributed by atoms with Crippen LogP contribution in [0.3, 0.4) is 0 Å². The van der Waals surface area contributed by atoms with Gasteiger partial charge in [-0.05, 0) is 36.1 Å². The van der Waals surface area contributed by atoms with E-state index in [-0.39, 0.29) is 29.8 Å². The maximum Gasteiger partial charge on any atom is 0.433 e. The van der Waals surface area contributed by atoms with Crippen molar-refractivity contribution in [2.75, 3.05) is 6.61 Å². The molecule has 0 saturated carbocycles. The molecule has 1 aliphatic heterocycles. The van der Waals surface area contributed by atoms with Gasteiger partial charge < -0.3 is 14.9 Å². The van der Waals surface area contributed by atoms with Gasteiger partial charge in [-0.3, -0.25) is 4.57 Å². The number of hydrogen-bond acceptors (Lipinski definition) is 6. The summed E-state index contributed by atoms with van der Waals surface area (Å²) < 4.78 is 51.5. The van der Waals surface area contributed by atoms with Gasteiger partial charge in [0.05, 0.1) is 11.9 Å². The van der Waals surface area contributed by atoms with Crippen LogP contribution >= 0.6 is 0 Å². The summed E-state index contributed by atoms with van der Waals surface area (Å²) >= 11 is 0. The molecule has 0 radical (unpaired) electrons. The Morgan fingerprint density at radius 1 is 1.19 bits per heavy atom. The van der Waals surface area contributed by atoms with E-state index in [9.17, 15) is 18.0 Å². The molecular weight excluding hydrogens is 473 g/mol. The second kappa shape index (κ2) is 9.60. The number of nitrogens with one attached hydrogen (secondary N) is 1. The van der Waals surface area contributed by atoms with E-state index in [1.165, 1.54) is 17.8 Å². The molecule has 2 aliphatic rings. The van der Waals surface area contributed by atoms with Crippen LogP contribution in [0.25, 0.3) is 11.3 Å². The van der Waals surface area contributed by atoms with Crippen molar-refractivity contribution < 1.29 is 22.6 Å². The SMILES string of the molecule is N=CC1CC(COc2cc3n(c(=O)n2)CCc2ccccc2-3)=CCC1Oc1ccc(C(F)(F)F)nc1. The maximum atomic E-state index is 12.7. The van der Waals surface area contributed by atoms with Crippen molar-refractivity contribution >= 4 is 6.21 Å². The second-order valence-electron chi connectivity index (χ2n) is 8.78. The molecule has 0 fully saturated rings. The average Bonchev–Trinajstić information content (AvgIpc) is 2.87. The number of pyridine rings is 1. The number of halogens is 3. The van der Waals surface area contributed by atoms with Crippen LogP contribution in [0.4, 0.5) is 13.2 Å². The first-order valence-electron chi connectivity index (χ1n) is 11.5. The highest BCUT2D eigenvalue weighted by Crippen LogP contribution is 2.32. The summed E-state index contributed by atoms with van der Waals surface area (Å²) in [5.41, 5.74) is 2.53. The predicted molar refractivity (Wildman–Crippen MR) is 126 cm³/mol. The summed E-state index contributed by atoms with van der Waals surface area (Å²) in [5, 5.41) is 7.80. The molecule has 2 atom stereocenters. The zero-order valence-corrected chi connectivity index (χ0v) is 19.2. The Kier molecular flexibility index (Phi) is 6.34. The van der Waals surface area contributed by atoms with Crippen molar-refractivity contribution in [3.63, 3.8) is 0 Å². The molecule has 0 amide bonds. The molecule has 0 bridgehead atoms. The molecule has 0 spiro atoms. The van der Waals surface area contributed by atoms with Crippen LogP contribution in [0.5, 0.6) is 11.6 Å². The lowest BCUT2D eigenvalue weighted by molar-refractivity contribution is -0.141. The summed E-state index contributed by atoms with van der Waals surface area (Å²) in [5.74, 6) is 0.168. The van der Waals surface area contributed by atoms with Crippen LogP contribution in [-0.4, -0.2) is 33.5 Å². The topological polar surface area (TPSA) is 90.1 Å². The molecule has 186 valence electrons. The van der Waals surface area contributed by atoms with Crippen molar-refractivity contribution in [3.8, 4) is 22.9 Å². The van der Waals surface area contributed by atoms with E-state index in [4.69, 9.17) is 14.9 Å². The molecule has 0 saturated heterocycles. The normalized spacial score (nSPS) is 19.0. The number of aromatic nitrogens is 3. The number of ether oxygens (including phenoxy) is 2. The van der Waals surface area contributed by atoms with Crippen molar-refractivity contribution in [3.05, 3.63) is 82.1 Å². The van der Waals surface area contributed by atoms with Gasteiger partial charge >= 0.3 is 11.9 Å². The molecule has 3 heterocycles. The Hall–Kier alpha value is -3.95. The van der Waals surface area contributed by atoms with Gasteiger partial charge in [0.15, 0.2) is 0 Å². The first kappa shape index (κ1) is 23.8. The minimum Gasteiger partial charge on any atom is -0.488 e. The Labute approximate surface area is 204 Å². The molecule has 36 heavy (non-hydrogen) atoms. The van der Waals surface area contributed by atoms with E-state index in [1.807, 2.05) is 30.3 Å². The average molecular weight is 496 g/mol. The third-order valence-corrected chi connectivity index (χ3v) is 6.43. The monoisotopic (exact) mass is 496 g/mol. The van der Waals surface area contributed by atoms with Gasteiger partial charge in [0.25, 0.3) is 0 Å². The number of nitrogens with zero attached hydrogens (tertiary/aromatic N) is 3. The zero-order chi connectivity index (χ0) is 25.3. The van der Waals surface area contributed by atoms with Crippen molar-refractivity contribution in [1.82, 2.24) is 14.5 Å². The fourth-order valence-corrected chi connectivity index (χ4v) is 4.57. The van der Waals surface area contributed by atoms with Gasteiger partial charge in [-0.1, -0.05) is 30.3 Å². The van der Waals surface area contributed by atoms with E-state index in [1.54, 1.807) is 10.6 Å². The fraction of sp³-hybridized carbons (Fsp3) is 0.308. The lowest BCUT2D eigenvalue weighted by atomic mass is 9.87. The summed E-state index contributed by atoms with van der Waals surface area (Å²) in [6, 6.07) is 11.8. The Morgan fingerprint density at radius 3 is 2.78 bits per heavy atom. The van der Waals surface area contributed by atoms with Crippen LogP contribution in [0.1, 0.15) is 24.1 Å². The van der Waals surface area contributed by atoms with Gasteiger partial charge in [0.2, 0.25) is 5.88 Å². The quantitative estimate of drug-likeness (QED) is 0.395. The first-order chi connectivity index (χ1) is 17.3. The van der Waals surface area contributed by atoms with Crippen molar-refractivity contribution in [2.45, 2.75) is 38.1 Å². The minimum atomic E-state index is -4.51. The van der Waals surface area contributed by atoms with E-state index in [0.29, 0.717) is 19.4 Å². The zero-order valence-electron chi connectivity index (χ0n) is 19.2. The molecule has 2 aromatic heterocycles. The number of fused-ring (bicyclic) bond motifs is 3. The van der Waals surface area contributed by atoms with Gasteiger partial charge in [-0.2, -0.15) is 18.2 Å². The molecular formula is C26H23F3N4O3. The molecule has 1 aliphatic carbocycles. The number of rotatable bonds is 6. The Morgan fingerprint density at radius 2 is 2.03 bits per heavy atom. The van der Waals surface area contributed by atoms with Crippen molar-refractivity contribution in [1.29, 1.82) is 5.41 Å². The van der Waals surface area contributed by atoms with E-state index < -0.39 is 18.0 Å². The molecule has 3 aromatic rings. The van der Waals surface area contributed by atoms with Crippen LogP contribution in [0.2, 0.25) is 0 Å². The lowest BCUT2D eigenvalue weighted by Gasteiger charge is -2.29. The van der Waals surface area contributed by atoms with Gasteiger partial charge in [-0.25, -0.2) is 9.78 Å². The summed E-state index contributed by atoms with van der Waals surface area (Å²) in [6.45, 7) is 0.775. The number of hydrogen-bond donors (Lipinski definition) is 1. The standard InChI is InChI=1S/C26H23F3N4O3/c27-26(28,29)23-8-6-19(14-31-23)36-22-7-5-16(11-18(22)13-30)15-35-24-12-21-20-4-2-1-3-17(20)9-10-33(21)25(34)32-24/h1-6,8,12-14,18,22,30H,7,9-11,15H2. The largest absolute Gasteiger partial charge is 0.488 e. The van der Waals surface area contributed by atoms with Gasteiger partial charge in [-0.15, -0.1) is 0 Å². The second-order valence-corrected chi connectivity index (χ2v) is 8.78. The lowest BCUT2D eigenvalue weighted by Crippen LogP contribution is -2.32. The van der Waals surface area contributed by atoms with Gasteiger partial charge in [0, 0.05) is 36.7 Å². The van der Waals surface area contributed by atoms with E-state index in [0.717, 1.165) is 35.5 Å². The highest BCUT2D eigenvalue weighted by Gasteiger charge is 2.32. The Bertz CT molecular complexity index is 1370. The first-order valence-corrected chi connectivity index (χ1v) is 11.5. The summed E-state index contributed by atoms with van der Waals surface area (Å²) in [6.07, 6.45) is 1.04. The smallest absolute Gasteiger partial charge is 0.433 e. The van der Waals surface area contributed by atoms with E-state index in [2.05, 4.69) is 9.97 Å². The van der Waals surface area contributed by atoms with Crippen molar-refractivity contribution in [2.24, 2.45) is 5.92 Å². The number of alkyl halides is 3. The van der Waals surface area contributed by atoms with Crippen LogP contribution in [0, 0.1) is 11.3 Å². The molecule has 1 aromatic carbocycles. The molecule has 2 unspecified atom stereocenters. The maximum absolute atomic E-state index is 12.7. The molecule has 1 N–H and O–H groups in total. The van der Waals surface area contributed by atoms with Crippen LogP contribution in [-0.2, 0) is 19.1 Å². The number of aryl methyl sites for hydroxylation is 1.